The van der Waals surface area contributed by atoms with Gasteiger partial charge in [-0.3, -0.25) is 4.79 Å². The van der Waals surface area contributed by atoms with Crippen LogP contribution in [-0.2, 0) is 4.79 Å². The lowest BCUT2D eigenvalue weighted by Crippen LogP contribution is -2.28. The topological polar surface area (TPSA) is 67.8 Å². The van der Waals surface area contributed by atoms with E-state index in [-0.39, 0.29) is 0 Å². The van der Waals surface area contributed by atoms with E-state index in [1.54, 1.807) is 6.08 Å². The third-order valence-corrected chi connectivity index (χ3v) is 2.23. The van der Waals surface area contributed by atoms with Crippen molar-refractivity contribution in [1.82, 2.24) is 0 Å². The summed E-state index contributed by atoms with van der Waals surface area (Å²) < 4.78 is 0. The van der Waals surface area contributed by atoms with E-state index in [9.17, 15) is 4.79 Å². The van der Waals surface area contributed by atoms with Gasteiger partial charge < -0.3 is 5.73 Å². The van der Waals surface area contributed by atoms with E-state index in [2.05, 4.69) is 10.2 Å². The largest absolute Gasteiger partial charge is 0.316 e. The third kappa shape index (κ3) is 1.99. The third-order valence-electron chi connectivity index (χ3n) is 2.23. The van der Waals surface area contributed by atoms with Crippen molar-refractivity contribution in [3.63, 3.8) is 0 Å². The first kappa shape index (κ1) is 9.73. The van der Waals surface area contributed by atoms with Crippen LogP contribution in [0.2, 0.25) is 0 Å². The summed E-state index contributed by atoms with van der Waals surface area (Å²) in [5, 5.41) is 7.30. The Bertz CT molecular complexity index is 445. The van der Waals surface area contributed by atoms with E-state index >= 15 is 0 Å². The lowest BCUT2D eigenvalue weighted by molar-refractivity contribution is -0.118. The highest BCUT2D eigenvalue weighted by molar-refractivity contribution is 5.88. The number of hydrogen-bond acceptors (Lipinski definition) is 3. The molecule has 1 aromatic rings. The molecule has 0 bridgehead atoms. The predicted molar refractivity (Wildman–Crippen MR) is 57.0 cm³/mol. The lowest BCUT2D eigenvalue weighted by atomic mass is 10.1. The lowest BCUT2D eigenvalue weighted by Gasteiger charge is -2.09. The molecule has 1 amide bonds. The van der Waals surface area contributed by atoms with Crippen LogP contribution in [0.4, 0.5) is 0 Å². The number of hydrogen-bond donors (Lipinski definition) is 1. The van der Waals surface area contributed by atoms with Crippen LogP contribution in [-0.4, -0.2) is 11.9 Å². The monoisotopic (exact) mass is 201 g/mol. The number of amides is 1. The Morgan fingerprint density at radius 3 is 2.47 bits per heavy atom. The maximum Gasteiger partial charge on any atom is 0.285 e. The number of benzene rings is 1. The molecule has 2 N–H and O–H groups in total. The van der Waals surface area contributed by atoms with E-state index < -0.39 is 11.9 Å². The van der Waals surface area contributed by atoms with E-state index in [1.807, 2.05) is 31.2 Å². The molecule has 76 valence electrons. The molecular weight excluding hydrogens is 190 g/mol. The van der Waals surface area contributed by atoms with E-state index in [0.29, 0.717) is 5.70 Å². The van der Waals surface area contributed by atoms with Gasteiger partial charge >= 0.3 is 0 Å². The van der Waals surface area contributed by atoms with Gasteiger partial charge in [0, 0.05) is 5.56 Å². The number of rotatable bonds is 1. The molecule has 0 radical (unpaired) electrons. The quantitative estimate of drug-likeness (QED) is 0.750. The minimum Gasteiger partial charge on any atom is -0.316 e. The SMILES string of the molecule is Cc1ccc(C2=CC(N)C(=O)N=N2)cc1. The summed E-state index contributed by atoms with van der Waals surface area (Å²) in [5.74, 6) is -0.397. The van der Waals surface area contributed by atoms with Gasteiger partial charge in [0.2, 0.25) is 0 Å². The molecule has 2 rings (SSSR count). The van der Waals surface area contributed by atoms with Crippen LogP contribution in [0.25, 0.3) is 5.70 Å². The van der Waals surface area contributed by atoms with Gasteiger partial charge in [-0.1, -0.05) is 29.8 Å². The van der Waals surface area contributed by atoms with Crippen LogP contribution in [0, 0.1) is 6.92 Å². The van der Waals surface area contributed by atoms with Gasteiger partial charge in [-0.2, -0.15) is 0 Å². The molecule has 4 nitrogen and oxygen atoms in total. The zero-order chi connectivity index (χ0) is 10.8. The summed E-state index contributed by atoms with van der Waals surface area (Å²) in [6.45, 7) is 2.01. The number of nitrogens with zero attached hydrogens (tertiary/aromatic N) is 2. The average Bonchev–Trinajstić information content (AvgIpc) is 2.23. The van der Waals surface area contributed by atoms with Crippen molar-refractivity contribution in [2.75, 3.05) is 0 Å². The molecule has 0 aromatic heterocycles. The minimum atomic E-state index is -0.668. The maximum atomic E-state index is 11.0. The normalized spacial score (nSPS) is 20.3. The fourth-order valence-electron chi connectivity index (χ4n) is 1.32. The van der Waals surface area contributed by atoms with Crippen molar-refractivity contribution < 1.29 is 4.79 Å². The standard InChI is InChI=1S/C11H11N3O/c1-7-2-4-8(5-3-7)10-6-9(12)11(15)14-13-10/h2-6,9H,12H2,1H3. The van der Waals surface area contributed by atoms with Gasteiger partial charge in [0.15, 0.2) is 0 Å². The molecular formula is C11H11N3O. The maximum absolute atomic E-state index is 11.0. The second-order valence-corrected chi connectivity index (χ2v) is 3.48. The number of azo groups is 1. The van der Waals surface area contributed by atoms with Crippen molar-refractivity contribution in [3.8, 4) is 0 Å². The highest BCUT2D eigenvalue weighted by Gasteiger charge is 2.16. The van der Waals surface area contributed by atoms with Gasteiger partial charge in [0.05, 0.1) is 5.70 Å². The molecule has 1 aromatic carbocycles. The Labute approximate surface area is 87.5 Å². The molecule has 1 aliphatic rings. The molecule has 1 atom stereocenters. The molecule has 0 fully saturated rings. The van der Waals surface area contributed by atoms with Gasteiger partial charge in [0.1, 0.15) is 6.04 Å². The van der Waals surface area contributed by atoms with Gasteiger partial charge in [-0.05, 0) is 13.0 Å². The minimum absolute atomic E-state index is 0.397. The van der Waals surface area contributed by atoms with Crippen molar-refractivity contribution in [2.24, 2.45) is 16.0 Å². The zero-order valence-corrected chi connectivity index (χ0v) is 8.34. The van der Waals surface area contributed by atoms with E-state index in [1.165, 1.54) is 5.56 Å². The summed E-state index contributed by atoms with van der Waals surface area (Å²) in [4.78, 5) is 11.0. The van der Waals surface area contributed by atoms with Crippen LogP contribution in [0.1, 0.15) is 11.1 Å². The molecule has 1 unspecified atom stereocenters. The fraction of sp³-hybridized carbons (Fsp3) is 0.182. The molecule has 0 saturated carbocycles. The Morgan fingerprint density at radius 2 is 1.87 bits per heavy atom. The second kappa shape index (κ2) is 3.74. The molecule has 0 saturated heterocycles. The summed E-state index contributed by atoms with van der Waals surface area (Å²) in [7, 11) is 0. The first-order valence-electron chi connectivity index (χ1n) is 4.67. The first-order chi connectivity index (χ1) is 7.16. The molecule has 0 aliphatic carbocycles. The first-order valence-corrected chi connectivity index (χ1v) is 4.67. The predicted octanol–water partition coefficient (Wildman–Crippen LogP) is 1.66. The van der Waals surface area contributed by atoms with Crippen molar-refractivity contribution in [3.05, 3.63) is 41.5 Å². The van der Waals surface area contributed by atoms with Crippen molar-refractivity contribution in [2.45, 2.75) is 13.0 Å². The molecule has 15 heavy (non-hydrogen) atoms. The molecule has 0 spiro atoms. The number of nitrogens with two attached hydrogens (primary N) is 1. The second-order valence-electron chi connectivity index (χ2n) is 3.48. The Kier molecular flexibility index (Phi) is 2.43. The van der Waals surface area contributed by atoms with E-state index in [0.717, 1.165) is 5.56 Å². The summed E-state index contributed by atoms with van der Waals surface area (Å²) in [5.41, 5.74) is 8.31. The Morgan fingerprint density at radius 1 is 1.20 bits per heavy atom. The van der Waals surface area contributed by atoms with Crippen molar-refractivity contribution >= 4 is 11.6 Å². The Balaban J connectivity index is 2.33. The summed E-state index contributed by atoms with van der Waals surface area (Å²) in [6.07, 6.45) is 1.62. The van der Waals surface area contributed by atoms with Crippen LogP contribution in [0.3, 0.4) is 0 Å². The smallest absolute Gasteiger partial charge is 0.285 e. The molecule has 4 heteroatoms. The summed E-state index contributed by atoms with van der Waals surface area (Å²) >= 11 is 0. The van der Waals surface area contributed by atoms with Gasteiger partial charge in [-0.15, -0.1) is 10.2 Å². The van der Waals surface area contributed by atoms with Crippen LogP contribution < -0.4 is 5.73 Å². The van der Waals surface area contributed by atoms with E-state index in [4.69, 9.17) is 5.73 Å². The molecule has 1 aliphatic heterocycles. The number of carbonyl (C=O) groups excluding carboxylic acids is 1. The van der Waals surface area contributed by atoms with Crippen LogP contribution >= 0.6 is 0 Å². The number of aryl methyl sites for hydroxylation is 1. The van der Waals surface area contributed by atoms with Crippen molar-refractivity contribution in [1.29, 1.82) is 0 Å². The Hall–Kier alpha value is -1.81. The highest BCUT2D eigenvalue weighted by Crippen LogP contribution is 2.20. The van der Waals surface area contributed by atoms with Crippen LogP contribution in [0.5, 0.6) is 0 Å². The fourth-order valence-corrected chi connectivity index (χ4v) is 1.32. The average molecular weight is 201 g/mol. The summed E-state index contributed by atoms with van der Waals surface area (Å²) in [6, 6.07) is 7.16. The van der Waals surface area contributed by atoms with Gasteiger partial charge in [-0.25, -0.2) is 0 Å². The molecule has 1 heterocycles. The van der Waals surface area contributed by atoms with Gasteiger partial charge in [0.25, 0.3) is 5.91 Å². The van der Waals surface area contributed by atoms with Crippen LogP contribution in [0.15, 0.2) is 40.6 Å². The number of carbonyl (C=O) groups is 1. The highest BCUT2D eigenvalue weighted by atomic mass is 16.2. The zero-order valence-electron chi connectivity index (χ0n) is 8.34.